The number of nitrogens with two attached hydrogens (primary N) is 1. The highest BCUT2D eigenvalue weighted by atomic mass is 16.2. The lowest BCUT2D eigenvalue weighted by molar-refractivity contribution is 0.0957. The molecule has 1 aliphatic rings. The normalized spacial score (nSPS) is 13.1. The van der Waals surface area contributed by atoms with Crippen LogP contribution in [0.2, 0.25) is 0 Å². The van der Waals surface area contributed by atoms with E-state index in [9.17, 15) is 9.59 Å². The molecule has 2 heterocycles. The Bertz CT molecular complexity index is 1110. The number of rotatable bonds is 3. The van der Waals surface area contributed by atoms with Gasteiger partial charge in [0.25, 0.3) is 5.91 Å². The van der Waals surface area contributed by atoms with Crippen LogP contribution in [0.5, 0.6) is 0 Å². The molecule has 2 amide bonds. The van der Waals surface area contributed by atoms with Gasteiger partial charge in [-0.15, -0.1) is 0 Å². The third kappa shape index (κ3) is 2.78. The highest BCUT2D eigenvalue weighted by Crippen LogP contribution is 2.35. The first-order valence-electron chi connectivity index (χ1n) is 8.52. The van der Waals surface area contributed by atoms with Gasteiger partial charge in [0.05, 0.1) is 23.0 Å². The molecule has 0 fully saturated rings. The molecule has 0 spiro atoms. The maximum absolute atomic E-state index is 12.3. The van der Waals surface area contributed by atoms with Gasteiger partial charge in [0, 0.05) is 17.5 Å². The van der Waals surface area contributed by atoms with Crippen LogP contribution in [-0.4, -0.2) is 41.7 Å². The molecule has 1 aromatic heterocycles. The van der Waals surface area contributed by atoms with Gasteiger partial charge in [-0.2, -0.15) is 5.10 Å². The first-order chi connectivity index (χ1) is 13.0. The lowest BCUT2D eigenvalue weighted by Gasteiger charge is -2.12. The molecule has 0 saturated heterocycles. The van der Waals surface area contributed by atoms with Gasteiger partial charge < -0.3 is 10.6 Å². The maximum Gasteiger partial charge on any atom is 0.323 e. The summed E-state index contributed by atoms with van der Waals surface area (Å²) in [7, 11) is 3.99. The van der Waals surface area contributed by atoms with Gasteiger partial charge in [0.15, 0.2) is 0 Å². The van der Waals surface area contributed by atoms with Crippen molar-refractivity contribution in [2.24, 2.45) is 10.8 Å². The monoisotopic (exact) mass is 361 g/mol. The van der Waals surface area contributed by atoms with E-state index in [0.717, 1.165) is 17.7 Å². The summed E-state index contributed by atoms with van der Waals surface area (Å²) in [5.41, 5.74) is 12.5. The summed E-state index contributed by atoms with van der Waals surface area (Å²) < 4.78 is 1.45. The lowest BCUT2D eigenvalue weighted by atomic mass is 10.0. The number of primary amides is 1. The van der Waals surface area contributed by atoms with E-state index in [1.807, 2.05) is 38.4 Å². The van der Waals surface area contributed by atoms with Crippen LogP contribution >= 0.6 is 0 Å². The van der Waals surface area contributed by atoms with E-state index >= 15 is 0 Å². The summed E-state index contributed by atoms with van der Waals surface area (Å²) in [6.45, 7) is 0.763. The van der Waals surface area contributed by atoms with E-state index in [1.165, 1.54) is 4.57 Å². The SMILES string of the molecule is CN(C)Cc1cccc(-c2c3c4c(cccc4n2C(N)=O)C(=O)NN=C3)c1. The van der Waals surface area contributed by atoms with Gasteiger partial charge >= 0.3 is 6.03 Å². The molecule has 3 N–H and O–H groups in total. The Morgan fingerprint density at radius 1 is 1.22 bits per heavy atom. The Kier molecular flexibility index (Phi) is 4.01. The first kappa shape index (κ1) is 17.0. The molecule has 0 aliphatic carbocycles. The summed E-state index contributed by atoms with van der Waals surface area (Å²) in [4.78, 5) is 26.7. The largest absolute Gasteiger partial charge is 0.351 e. The number of carbonyl (C=O) groups excluding carboxylic acids is 2. The number of nitrogens with one attached hydrogen (secondary N) is 1. The van der Waals surface area contributed by atoms with Crippen LogP contribution < -0.4 is 11.2 Å². The molecule has 7 heteroatoms. The van der Waals surface area contributed by atoms with Crippen LogP contribution in [0.4, 0.5) is 4.79 Å². The second-order valence-corrected chi connectivity index (χ2v) is 6.77. The van der Waals surface area contributed by atoms with Crippen molar-refractivity contribution in [3.8, 4) is 11.3 Å². The molecule has 27 heavy (non-hydrogen) atoms. The Balaban J connectivity index is 2.07. The third-order valence-corrected chi connectivity index (χ3v) is 4.56. The number of hydrogen-bond donors (Lipinski definition) is 2. The average Bonchev–Trinajstić information content (AvgIpc) is 2.86. The Hall–Kier alpha value is -3.45. The Labute approximate surface area is 156 Å². The highest BCUT2D eigenvalue weighted by molar-refractivity contribution is 6.19. The summed E-state index contributed by atoms with van der Waals surface area (Å²) >= 11 is 0. The summed E-state index contributed by atoms with van der Waals surface area (Å²) in [5, 5.41) is 4.69. The highest BCUT2D eigenvalue weighted by Gasteiger charge is 2.26. The summed E-state index contributed by atoms with van der Waals surface area (Å²) in [5.74, 6) is -0.315. The minimum Gasteiger partial charge on any atom is -0.351 e. The fourth-order valence-corrected chi connectivity index (χ4v) is 3.60. The van der Waals surface area contributed by atoms with Gasteiger partial charge in [0.2, 0.25) is 0 Å². The molecule has 0 radical (unpaired) electrons. The van der Waals surface area contributed by atoms with Gasteiger partial charge in [-0.05, 0) is 43.4 Å². The molecule has 4 rings (SSSR count). The summed E-state index contributed by atoms with van der Waals surface area (Å²) in [6, 6.07) is 12.6. The number of hydrogen-bond acceptors (Lipinski definition) is 4. The number of hydrazone groups is 1. The molecule has 0 bridgehead atoms. The topological polar surface area (TPSA) is 92.7 Å². The van der Waals surface area contributed by atoms with Gasteiger partial charge in [-0.25, -0.2) is 10.2 Å². The number of nitrogens with zero attached hydrogens (tertiary/aromatic N) is 3. The second-order valence-electron chi connectivity index (χ2n) is 6.77. The maximum atomic E-state index is 12.3. The minimum atomic E-state index is -0.606. The van der Waals surface area contributed by atoms with Crippen molar-refractivity contribution in [2.75, 3.05) is 14.1 Å². The van der Waals surface area contributed by atoms with Crippen molar-refractivity contribution >= 4 is 29.1 Å². The van der Waals surface area contributed by atoms with E-state index < -0.39 is 6.03 Å². The minimum absolute atomic E-state index is 0.315. The predicted octanol–water partition coefficient (Wildman–Crippen LogP) is 2.37. The van der Waals surface area contributed by atoms with E-state index in [1.54, 1.807) is 24.4 Å². The van der Waals surface area contributed by atoms with Crippen molar-refractivity contribution in [3.05, 3.63) is 59.2 Å². The zero-order valence-corrected chi connectivity index (χ0v) is 15.1. The molecule has 0 unspecified atom stereocenters. The molecule has 3 aromatic rings. The third-order valence-electron chi connectivity index (χ3n) is 4.56. The molecular weight excluding hydrogens is 342 g/mol. The van der Waals surface area contributed by atoms with E-state index in [2.05, 4.69) is 15.4 Å². The molecular formula is C20H19N5O2. The number of benzene rings is 2. The van der Waals surface area contributed by atoms with Crippen LogP contribution in [0.15, 0.2) is 47.6 Å². The number of amides is 2. The van der Waals surface area contributed by atoms with Crippen LogP contribution in [0.25, 0.3) is 22.2 Å². The van der Waals surface area contributed by atoms with Crippen molar-refractivity contribution in [2.45, 2.75) is 6.54 Å². The van der Waals surface area contributed by atoms with Gasteiger partial charge in [-0.3, -0.25) is 9.36 Å². The number of aromatic nitrogens is 1. The van der Waals surface area contributed by atoms with Crippen molar-refractivity contribution in [3.63, 3.8) is 0 Å². The zero-order valence-electron chi connectivity index (χ0n) is 15.1. The zero-order chi connectivity index (χ0) is 19.1. The van der Waals surface area contributed by atoms with E-state index in [-0.39, 0.29) is 5.91 Å². The smallest absolute Gasteiger partial charge is 0.323 e. The fraction of sp³-hybridized carbons (Fsp3) is 0.150. The van der Waals surface area contributed by atoms with Gasteiger partial charge in [-0.1, -0.05) is 24.3 Å². The molecule has 0 saturated carbocycles. The first-order valence-corrected chi connectivity index (χ1v) is 8.52. The van der Waals surface area contributed by atoms with Crippen LogP contribution in [0.3, 0.4) is 0 Å². The van der Waals surface area contributed by atoms with Crippen molar-refractivity contribution in [1.29, 1.82) is 0 Å². The molecule has 136 valence electrons. The quantitative estimate of drug-likeness (QED) is 0.750. The molecule has 0 atom stereocenters. The second kappa shape index (κ2) is 6.37. The number of carbonyl (C=O) groups is 2. The van der Waals surface area contributed by atoms with E-state index in [4.69, 9.17) is 5.73 Å². The molecule has 2 aromatic carbocycles. The van der Waals surface area contributed by atoms with Gasteiger partial charge in [0.1, 0.15) is 0 Å². The lowest BCUT2D eigenvalue weighted by Crippen LogP contribution is -2.21. The van der Waals surface area contributed by atoms with Crippen molar-refractivity contribution < 1.29 is 9.59 Å². The van der Waals surface area contributed by atoms with Crippen LogP contribution in [-0.2, 0) is 6.54 Å². The van der Waals surface area contributed by atoms with E-state index in [0.29, 0.717) is 27.7 Å². The Morgan fingerprint density at radius 3 is 2.74 bits per heavy atom. The van der Waals surface area contributed by atoms with Crippen molar-refractivity contribution in [1.82, 2.24) is 14.9 Å². The summed E-state index contributed by atoms with van der Waals surface area (Å²) in [6.07, 6.45) is 1.57. The predicted molar refractivity (Wildman–Crippen MR) is 105 cm³/mol. The van der Waals surface area contributed by atoms with Crippen LogP contribution in [0, 0.1) is 0 Å². The molecule has 1 aliphatic heterocycles. The molecule has 7 nitrogen and oxygen atoms in total. The standard InChI is InChI=1S/C20H19N5O2/c1-24(2)11-12-5-3-6-13(9-12)18-15-10-22-23-19(26)14-7-4-8-16(17(14)15)25(18)20(21)27/h3-10H,11H2,1-2H3,(H2,21,27)(H,23,26). The fourth-order valence-electron chi connectivity index (χ4n) is 3.60. The van der Waals surface area contributed by atoms with Crippen LogP contribution in [0.1, 0.15) is 21.5 Å². The average molecular weight is 361 g/mol. The Morgan fingerprint density at radius 2 is 2.00 bits per heavy atom.